The molecule has 2 nitrogen and oxygen atoms in total. The van der Waals surface area contributed by atoms with Crippen LogP contribution in [0.15, 0.2) is 0 Å². The van der Waals surface area contributed by atoms with Crippen LogP contribution in [-0.2, 0) is 0 Å². The summed E-state index contributed by atoms with van der Waals surface area (Å²) in [4.78, 5) is 0. The molecule has 2 aliphatic rings. The number of hydrogen-bond acceptors (Lipinski definition) is 2. The first kappa shape index (κ1) is 10.4. The minimum absolute atomic E-state index is 0.507. The molecule has 2 rings (SSSR count). The smallest absolute Gasteiger partial charge is 0.0680 e. The van der Waals surface area contributed by atoms with Gasteiger partial charge in [-0.1, -0.05) is 13.8 Å². The van der Waals surface area contributed by atoms with Crippen molar-refractivity contribution in [3.8, 4) is 0 Å². The molecule has 2 bridgehead atoms. The lowest BCUT2D eigenvalue weighted by Gasteiger charge is -2.52. The van der Waals surface area contributed by atoms with Gasteiger partial charge in [0.1, 0.15) is 0 Å². The first-order chi connectivity index (χ1) is 6.31. The van der Waals surface area contributed by atoms with Crippen LogP contribution in [0.25, 0.3) is 0 Å². The molecule has 0 spiro atoms. The number of aliphatic hydroxyl groups is 2. The Hall–Kier alpha value is -0.0800. The van der Waals surface area contributed by atoms with Crippen LogP contribution in [0.1, 0.15) is 46.5 Å². The predicted molar refractivity (Wildman–Crippen MR) is 55.9 cm³/mol. The highest BCUT2D eigenvalue weighted by Crippen LogP contribution is 2.51. The second-order valence-electron chi connectivity index (χ2n) is 6.11. The van der Waals surface area contributed by atoms with E-state index in [1.54, 1.807) is 0 Å². The summed E-state index contributed by atoms with van der Waals surface area (Å²) in [6, 6.07) is 0. The van der Waals surface area contributed by atoms with Gasteiger partial charge in [0.25, 0.3) is 0 Å². The molecule has 5 atom stereocenters. The van der Waals surface area contributed by atoms with Gasteiger partial charge in [-0.2, -0.15) is 0 Å². The van der Waals surface area contributed by atoms with Crippen LogP contribution in [0.4, 0.5) is 0 Å². The molecule has 2 heteroatoms. The van der Waals surface area contributed by atoms with E-state index in [2.05, 4.69) is 13.8 Å². The van der Waals surface area contributed by atoms with Crippen LogP contribution >= 0.6 is 0 Å². The normalized spacial score (nSPS) is 58.5. The molecule has 82 valence electrons. The van der Waals surface area contributed by atoms with Crippen LogP contribution in [0.2, 0.25) is 0 Å². The second-order valence-corrected chi connectivity index (χ2v) is 6.11. The average molecular weight is 198 g/mol. The van der Waals surface area contributed by atoms with Gasteiger partial charge in [0, 0.05) is 6.42 Å². The molecule has 0 radical (unpaired) electrons. The van der Waals surface area contributed by atoms with E-state index in [4.69, 9.17) is 0 Å². The van der Waals surface area contributed by atoms with Gasteiger partial charge in [0.15, 0.2) is 0 Å². The first-order valence-electron chi connectivity index (χ1n) is 5.76. The van der Waals surface area contributed by atoms with Crippen molar-refractivity contribution in [2.45, 2.75) is 57.7 Å². The monoisotopic (exact) mass is 198 g/mol. The molecule has 2 N–H and O–H groups in total. The zero-order valence-electron chi connectivity index (χ0n) is 9.45. The molecule has 0 heterocycles. The van der Waals surface area contributed by atoms with Gasteiger partial charge >= 0.3 is 0 Å². The third-order valence-electron chi connectivity index (χ3n) is 4.40. The van der Waals surface area contributed by atoms with Gasteiger partial charge < -0.3 is 10.2 Å². The molecule has 0 aliphatic heterocycles. The summed E-state index contributed by atoms with van der Waals surface area (Å²) in [7, 11) is 0. The quantitative estimate of drug-likeness (QED) is 0.624. The van der Waals surface area contributed by atoms with E-state index in [9.17, 15) is 10.2 Å². The van der Waals surface area contributed by atoms with E-state index in [0.717, 1.165) is 19.3 Å². The Morgan fingerprint density at radius 3 is 2.36 bits per heavy atom. The highest BCUT2D eigenvalue weighted by Gasteiger charge is 2.50. The maximum atomic E-state index is 10.4. The van der Waals surface area contributed by atoms with Crippen molar-refractivity contribution in [3.05, 3.63) is 0 Å². The van der Waals surface area contributed by atoms with Gasteiger partial charge in [0.2, 0.25) is 0 Å². The maximum absolute atomic E-state index is 10.4. The zero-order chi connectivity index (χ0) is 10.6. The minimum Gasteiger partial charge on any atom is -0.390 e. The van der Waals surface area contributed by atoms with E-state index < -0.39 is 11.2 Å². The summed E-state index contributed by atoms with van der Waals surface area (Å²) >= 11 is 0. The van der Waals surface area contributed by atoms with Crippen LogP contribution < -0.4 is 0 Å². The SMILES string of the molecule is CC1CC2(O)CC(CC(C)(O)C2)C1C. The van der Waals surface area contributed by atoms with Crippen molar-refractivity contribution in [2.75, 3.05) is 0 Å². The molecule has 2 fully saturated rings. The lowest BCUT2D eigenvalue weighted by molar-refractivity contribution is -0.156. The first-order valence-corrected chi connectivity index (χ1v) is 5.76. The lowest BCUT2D eigenvalue weighted by Crippen LogP contribution is -2.53. The van der Waals surface area contributed by atoms with E-state index in [1.165, 1.54) is 0 Å². The van der Waals surface area contributed by atoms with Gasteiger partial charge in [-0.05, 0) is 43.9 Å². The van der Waals surface area contributed by atoms with E-state index >= 15 is 0 Å². The van der Waals surface area contributed by atoms with Gasteiger partial charge in [-0.15, -0.1) is 0 Å². The van der Waals surface area contributed by atoms with Crippen molar-refractivity contribution >= 4 is 0 Å². The fourth-order valence-electron chi connectivity index (χ4n) is 3.76. The Morgan fingerprint density at radius 1 is 1.07 bits per heavy atom. The van der Waals surface area contributed by atoms with Crippen molar-refractivity contribution in [1.82, 2.24) is 0 Å². The Balaban J connectivity index is 2.22. The molecule has 14 heavy (non-hydrogen) atoms. The number of rotatable bonds is 0. The topological polar surface area (TPSA) is 40.5 Å². The van der Waals surface area contributed by atoms with Crippen LogP contribution in [0.5, 0.6) is 0 Å². The molecular formula is C12H22O2. The maximum Gasteiger partial charge on any atom is 0.0680 e. The van der Waals surface area contributed by atoms with Gasteiger partial charge in [-0.3, -0.25) is 0 Å². The Bertz CT molecular complexity index is 230. The molecule has 2 aliphatic carbocycles. The Labute approximate surface area is 86.3 Å². The van der Waals surface area contributed by atoms with Gasteiger partial charge in [-0.25, -0.2) is 0 Å². The van der Waals surface area contributed by atoms with Crippen molar-refractivity contribution in [2.24, 2.45) is 17.8 Å². The molecule has 0 amide bonds. The molecule has 0 aromatic rings. The lowest BCUT2D eigenvalue weighted by atomic mass is 9.57. The largest absolute Gasteiger partial charge is 0.390 e. The Morgan fingerprint density at radius 2 is 1.71 bits per heavy atom. The molecule has 0 saturated heterocycles. The summed E-state index contributed by atoms with van der Waals surface area (Å²) in [5.74, 6) is 1.74. The van der Waals surface area contributed by atoms with Gasteiger partial charge in [0.05, 0.1) is 11.2 Å². The third kappa shape index (κ3) is 1.70. The molecule has 0 aromatic carbocycles. The highest BCUT2D eigenvalue weighted by atomic mass is 16.3. The number of hydrogen-bond donors (Lipinski definition) is 2. The van der Waals surface area contributed by atoms with Crippen molar-refractivity contribution in [1.29, 1.82) is 0 Å². The van der Waals surface area contributed by atoms with Crippen LogP contribution in [0.3, 0.4) is 0 Å². The molecule has 5 unspecified atom stereocenters. The minimum atomic E-state index is -0.647. The summed E-state index contributed by atoms with van der Waals surface area (Å²) < 4.78 is 0. The molecule has 2 saturated carbocycles. The fraction of sp³-hybridized carbons (Fsp3) is 1.00. The van der Waals surface area contributed by atoms with E-state index in [0.29, 0.717) is 24.2 Å². The average Bonchev–Trinajstić information content (AvgIpc) is 1.95. The van der Waals surface area contributed by atoms with Crippen molar-refractivity contribution in [3.63, 3.8) is 0 Å². The standard InChI is InChI=1S/C12H22O2/c1-8-4-12(14)6-10(9(8)2)5-11(3,13)7-12/h8-10,13-14H,4-7H2,1-3H3. The van der Waals surface area contributed by atoms with E-state index in [-0.39, 0.29) is 0 Å². The predicted octanol–water partition coefficient (Wildman–Crippen LogP) is 1.94. The third-order valence-corrected chi connectivity index (χ3v) is 4.40. The summed E-state index contributed by atoms with van der Waals surface area (Å²) in [5, 5.41) is 20.5. The zero-order valence-corrected chi connectivity index (χ0v) is 9.45. The van der Waals surface area contributed by atoms with Crippen LogP contribution in [0, 0.1) is 17.8 Å². The summed E-state index contributed by atoms with van der Waals surface area (Å²) in [5.41, 5.74) is -1.23. The van der Waals surface area contributed by atoms with Crippen LogP contribution in [-0.4, -0.2) is 21.4 Å². The fourth-order valence-corrected chi connectivity index (χ4v) is 3.76. The molecule has 0 aromatic heterocycles. The number of fused-ring (bicyclic) bond motifs is 2. The van der Waals surface area contributed by atoms with Crippen molar-refractivity contribution < 1.29 is 10.2 Å². The second kappa shape index (κ2) is 2.96. The summed E-state index contributed by atoms with van der Waals surface area (Å²) in [6.45, 7) is 6.35. The van der Waals surface area contributed by atoms with E-state index in [1.807, 2.05) is 6.92 Å². The Kier molecular flexibility index (Phi) is 2.20. The summed E-state index contributed by atoms with van der Waals surface area (Å²) in [6.07, 6.45) is 3.18. The highest BCUT2D eigenvalue weighted by molar-refractivity contribution is 5.02. The molecular weight excluding hydrogens is 176 g/mol.